The van der Waals surface area contributed by atoms with Crippen LogP contribution in [0.5, 0.6) is 0 Å². The van der Waals surface area contributed by atoms with E-state index in [1.165, 1.54) is 12.0 Å². The quantitative estimate of drug-likeness (QED) is 0.407. The van der Waals surface area contributed by atoms with Crippen LogP contribution in [-0.2, 0) is 21.6 Å². The number of amides is 2. The van der Waals surface area contributed by atoms with Gasteiger partial charge in [0.15, 0.2) is 11.0 Å². The van der Waals surface area contributed by atoms with Crippen molar-refractivity contribution in [3.63, 3.8) is 0 Å². The number of hydrogen-bond acceptors (Lipinski definition) is 5. The van der Waals surface area contributed by atoms with Crippen molar-refractivity contribution in [1.29, 1.82) is 0 Å². The third kappa shape index (κ3) is 3.00. The molecule has 2 aliphatic rings. The molecule has 0 bridgehead atoms. The van der Waals surface area contributed by atoms with Gasteiger partial charge in [-0.1, -0.05) is 54.1 Å². The number of anilines is 1. The van der Waals surface area contributed by atoms with Crippen LogP contribution in [0.4, 0.5) is 5.69 Å². The van der Waals surface area contributed by atoms with E-state index < -0.39 is 16.9 Å². The van der Waals surface area contributed by atoms with E-state index in [-0.39, 0.29) is 36.9 Å². The van der Waals surface area contributed by atoms with Crippen molar-refractivity contribution in [3.05, 3.63) is 110 Å². The maximum absolute atomic E-state index is 14.5. The predicted molar refractivity (Wildman–Crippen MR) is 135 cm³/mol. The summed E-state index contributed by atoms with van der Waals surface area (Å²) >= 11 is 6.06. The Labute approximate surface area is 211 Å². The van der Waals surface area contributed by atoms with E-state index in [0.29, 0.717) is 27.2 Å². The van der Waals surface area contributed by atoms with Gasteiger partial charge < -0.3 is 19.0 Å². The molecule has 1 unspecified atom stereocenters. The van der Waals surface area contributed by atoms with Crippen LogP contribution < -0.4 is 10.3 Å². The van der Waals surface area contributed by atoms with Gasteiger partial charge in [-0.3, -0.25) is 14.4 Å². The molecular weight excluding hydrogens is 480 g/mol. The molecule has 36 heavy (non-hydrogen) atoms. The lowest BCUT2D eigenvalue weighted by Crippen LogP contribution is -2.54. The summed E-state index contributed by atoms with van der Waals surface area (Å²) in [5.41, 5.74) is 0.365. The summed E-state index contributed by atoms with van der Waals surface area (Å²) in [6.07, 6.45) is 0. The minimum absolute atomic E-state index is 0.0540. The van der Waals surface area contributed by atoms with Crippen LogP contribution in [-0.4, -0.2) is 37.0 Å². The van der Waals surface area contributed by atoms with Gasteiger partial charge in [0, 0.05) is 24.2 Å². The smallest absolute Gasteiger partial charge is 0.291 e. The second-order valence-electron chi connectivity index (χ2n) is 8.83. The average Bonchev–Trinajstić information content (AvgIpc) is 3.29. The van der Waals surface area contributed by atoms with E-state index in [1.54, 1.807) is 53.4 Å². The van der Waals surface area contributed by atoms with E-state index in [0.717, 1.165) is 5.56 Å². The molecule has 180 valence electrons. The van der Waals surface area contributed by atoms with Gasteiger partial charge in [-0.15, -0.1) is 0 Å². The van der Waals surface area contributed by atoms with Crippen molar-refractivity contribution in [2.45, 2.75) is 12.1 Å². The first-order valence-electron chi connectivity index (χ1n) is 11.5. The first kappa shape index (κ1) is 22.5. The van der Waals surface area contributed by atoms with E-state index in [9.17, 15) is 14.4 Å². The lowest BCUT2D eigenvalue weighted by atomic mass is 9.84. The molecule has 2 amide bonds. The molecule has 1 atom stereocenters. The number of para-hydroxylation sites is 2. The fourth-order valence-corrected chi connectivity index (χ4v) is 5.48. The molecule has 0 saturated heterocycles. The summed E-state index contributed by atoms with van der Waals surface area (Å²) < 4.78 is 11.3. The molecule has 6 rings (SSSR count). The van der Waals surface area contributed by atoms with E-state index in [2.05, 4.69) is 0 Å². The molecule has 3 heterocycles. The van der Waals surface area contributed by atoms with Gasteiger partial charge in [-0.2, -0.15) is 0 Å². The number of carbonyl (C=O) groups excluding carboxylic acids is 2. The second-order valence-corrected chi connectivity index (χ2v) is 9.26. The Morgan fingerprint density at radius 1 is 0.944 bits per heavy atom. The number of carbonyl (C=O) groups is 2. The largest absolute Gasteiger partial charge is 0.450 e. The van der Waals surface area contributed by atoms with Gasteiger partial charge in [0.05, 0.1) is 29.8 Å². The number of halogens is 1. The summed E-state index contributed by atoms with van der Waals surface area (Å²) in [4.78, 5) is 45.3. The van der Waals surface area contributed by atoms with Gasteiger partial charge >= 0.3 is 0 Å². The molecule has 1 spiro atoms. The number of benzene rings is 3. The van der Waals surface area contributed by atoms with Crippen molar-refractivity contribution in [1.82, 2.24) is 4.90 Å². The van der Waals surface area contributed by atoms with Crippen molar-refractivity contribution < 1.29 is 18.7 Å². The highest BCUT2D eigenvalue weighted by Gasteiger charge is 2.64. The highest BCUT2D eigenvalue weighted by atomic mass is 35.5. The molecule has 2 aliphatic heterocycles. The summed E-state index contributed by atoms with van der Waals surface area (Å²) in [6.45, 7) is 0.529. The summed E-state index contributed by atoms with van der Waals surface area (Å²) in [5, 5.41) is 0.910. The Morgan fingerprint density at radius 3 is 2.44 bits per heavy atom. The Bertz CT molecular complexity index is 1600. The van der Waals surface area contributed by atoms with Gasteiger partial charge in [0.2, 0.25) is 5.76 Å². The highest BCUT2D eigenvalue weighted by Crippen LogP contribution is 2.52. The monoisotopic (exact) mass is 500 g/mol. The van der Waals surface area contributed by atoms with E-state index in [4.69, 9.17) is 20.8 Å². The Morgan fingerprint density at radius 2 is 1.67 bits per heavy atom. The van der Waals surface area contributed by atoms with Crippen molar-refractivity contribution in [2.75, 3.05) is 25.2 Å². The maximum atomic E-state index is 14.5. The maximum Gasteiger partial charge on any atom is 0.291 e. The molecule has 0 fully saturated rings. The zero-order valence-corrected chi connectivity index (χ0v) is 20.1. The number of rotatable bonds is 5. The van der Waals surface area contributed by atoms with Crippen LogP contribution in [0.15, 0.2) is 82.0 Å². The van der Waals surface area contributed by atoms with Crippen LogP contribution in [0.2, 0.25) is 5.02 Å². The van der Waals surface area contributed by atoms with Gasteiger partial charge in [0.1, 0.15) is 5.58 Å². The molecule has 0 radical (unpaired) electrons. The number of methoxy groups -OCH3 is 1. The third-order valence-corrected chi connectivity index (χ3v) is 7.17. The highest BCUT2D eigenvalue weighted by molar-refractivity contribution is 6.30. The molecule has 0 saturated carbocycles. The Balaban J connectivity index is 1.63. The lowest BCUT2D eigenvalue weighted by molar-refractivity contribution is -0.126. The van der Waals surface area contributed by atoms with Gasteiger partial charge in [0.25, 0.3) is 11.8 Å². The Kier molecular flexibility index (Phi) is 5.21. The van der Waals surface area contributed by atoms with Crippen molar-refractivity contribution >= 4 is 40.1 Å². The first-order chi connectivity index (χ1) is 17.5. The van der Waals surface area contributed by atoms with Gasteiger partial charge in [-0.05, 0) is 35.9 Å². The summed E-state index contributed by atoms with van der Waals surface area (Å²) in [6, 6.07) is 21.2. The summed E-state index contributed by atoms with van der Waals surface area (Å²) in [7, 11) is 1.52. The van der Waals surface area contributed by atoms with Crippen LogP contribution >= 0.6 is 11.6 Å². The number of hydrogen-bond donors (Lipinski definition) is 0. The van der Waals surface area contributed by atoms with Crippen molar-refractivity contribution in [2.24, 2.45) is 0 Å². The predicted octanol–water partition coefficient (Wildman–Crippen LogP) is 4.34. The second kappa shape index (κ2) is 8.33. The molecular formula is C28H21ClN2O5. The Hall–Kier alpha value is -3.94. The average molecular weight is 501 g/mol. The molecule has 0 aliphatic carbocycles. The molecule has 8 heteroatoms. The van der Waals surface area contributed by atoms with Crippen LogP contribution in [0, 0.1) is 0 Å². The van der Waals surface area contributed by atoms with E-state index >= 15 is 0 Å². The fourth-order valence-electron chi connectivity index (χ4n) is 5.35. The van der Waals surface area contributed by atoms with Crippen molar-refractivity contribution in [3.8, 4) is 0 Å². The fraction of sp³-hybridized carbons (Fsp3) is 0.179. The SMILES string of the molecule is COCCN1C(=O)c2oc3ccccc3c(=O)c2C12C(=O)N(Cc1ccc(Cl)cc1)c1ccccc12. The van der Waals surface area contributed by atoms with E-state index in [1.807, 2.05) is 24.3 Å². The minimum Gasteiger partial charge on any atom is -0.450 e. The molecule has 0 N–H and O–H groups in total. The zero-order chi connectivity index (χ0) is 25.0. The molecule has 4 aromatic rings. The van der Waals surface area contributed by atoms with Crippen LogP contribution in [0.25, 0.3) is 11.0 Å². The minimum atomic E-state index is -1.65. The first-order valence-corrected chi connectivity index (χ1v) is 11.9. The third-order valence-electron chi connectivity index (χ3n) is 6.92. The van der Waals surface area contributed by atoms with Crippen LogP contribution in [0.1, 0.15) is 27.2 Å². The summed E-state index contributed by atoms with van der Waals surface area (Å²) in [5.74, 6) is -1.00. The lowest BCUT2D eigenvalue weighted by Gasteiger charge is -2.34. The molecule has 3 aromatic carbocycles. The number of ether oxygens (including phenoxy) is 1. The number of nitrogens with zero attached hydrogens (tertiary/aromatic N) is 2. The topological polar surface area (TPSA) is 80.1 Å². The van der Waals surface area contributed by atoms with Gasteiger partial charge in [-0.25, -0.2) is 0 Å². The zero-order valence-electron chi connectivity index (χ0n) is 19.4. The number of fused-ring (bicyclic) bond motifs is 5. The molecule has 7 nitrogen and oxygen atoms in total. The normalized spacial score (nSPS) is 18.4. The van der Waals surface area contributed by atoms with Crippen LogP contribution in [0.3, 0.4) is 0 Å². The molecule has 1 aromatic heterocycles. The standard InChI is InChI=1S/C28H21ClN2O5/c1-35-15-14-31-26(33)25-23(24(32)19-6-2-5-9-22(19)36-25)28(31)20-7-3-4-8-21(20)30(27(28)34)16-17-10-12-18(29)13-11-17/h2-13H,14-16H2,1H3.